The Morgan fingerprint density at radius 2 is 2.23 bits per heavy atom. The van der Waals surface area contributed by atoms with E-state index in [4.69, 9.17) is 9.47 Å². The Hall–Kier alpha value is -2.81. The number of anilines is 1. The van der Waals surface area contributed by atoms with Gasteiger partial charge in [0.05, 0.1) is 23.8 Å². The van der Waals surface area contributed by atoms with Crippen LogP contribution in [-0.2, 0) is 0 Å². The van der Waals surface area contributed by atoms with Gasteiger partial charge in [-0.15, -0.1) is 0 Å². The van der Waals surface area contributed by atoms with Crippen molar-refractivity contribution in [3.8, 4) is 11.6 Å². The van der Waals surface area contributed by atoms with E-state index in [2.05, 4.69) is 10.3 Å². The molecular formula is C17H17N3O5S. The summed E-state index contributed by atoms with van der Waals surface area (Å²) >= 11 is 1.83. The number of carbonyl (C=O) groups is 1. The zero-order valence-corrected chi connectivity index (χ0v) is 14.8. The maximum atomic E-state index is 12.5. The Bertz CT molecular complexity index is 824. The summed E-state index contributed by atoms with van der Waals surface area (Å²) in [4.78, 5) is 27.0. The normalized spacial score (nSPS) is 16.1. The minimum atomic E-state index is -0.526. The van der Waals surface area contributed by atoms with Crippen molar-refractivity contribution >= 4 is 29.0 Å². The molecule has 9 heteroatoms. The van der Waals surface area contributed by atoms with Crippen molar-refractivity contribution in [3.63, 3.8) is 0 Å². The molecule has 1 aliphatic heterocycles. The second kappa shape index (κ2) is 8.05. The summed E-state index contributed by atoms with van der Waals surface area (Å²) in [5.41, 5.74) is 0.601. The van der Waals surface area contributed by atoms with E-state index in [1.54, 1.807) is 12.1 Å². The molecule has 0 bridgehead atoms. The third-order valence-electron chi connectivity index (χ3n) is 3.82. The maximum absolute atomic E-state index is 12.5. The van der Waals surface area contributed by atoms with Gasteiger partial charge in [0.2, 0.25) is 5.88 Å². The molecular weight excluding hydrogens is 358 g/mol. The molecule has 0 spiro atoms. The summed E-state index contributed by atoms with van der Waals surface area (Å²) in [5, 5.41) is 13.5. The highest BCUT2D eigenvalue weighted by molar-refractivity contribution is 7.99. The number of aromatic nitrogens is 1. The first kappa shape index (κ1) is 18.0. The number of non-ortho nitro benzene ring substituents is 1. The van der Waals surface area contributed by atoms with Crippen molar-refractivity contribution in [2.45, 2.75) is 12.5 Å². The Kier molecular flexibility index (Phi) is 5.57. The zero-order valence-electron chi connectivity index (χ0n) is 14.0. The first-order valence-corrected chi connectivity index (χ1v) is 9.06. The van der Waals surface area contributed by atoms with Gasteiger partial charge in [0.1, 0.15) is 11.9 Å². The Balaban J connectivity index is 1.74. The van der Waals surface area contributed by atoms with Crippen molar-refractivity contribution in [3.05, 3.63) is 52.2 Å². The molecule has 8 nitrogen and oxygen atoms in total. The molecule has 1 saturated heterocycles. The first-order chi connectivity index (χ1) is 12.6. The van der Waals surface area contributed by atoms with E-state index in [-0.39, 0.29) is 23.4 Å². The van der Waals surface area contributed by atoms with Gasteiger partial charge in [-0.25, -0.2) is 4.98 Å². The van der Waals surface area contributed by atoms with Gasteiger partial charge >= 0.3 is 0 Å². The predicted molar refractivity (Wildman–Crippen MR) is 98.2 cm³/mol. The average molecular weight is 375 g/mol. The van der Waals surface area contributed by atoms with E-state index in [0.29, 0.717) is 17.1 Å². The number of nitrogens with one attached hydrogen (secondary N) is 1. The molecule has 1 N–H and O–H groups in total. The Labute approximate surface area is 154 Å². The number of methoxy groups -OCH3 is 1. The predicted octanol–water partition coefficient (Wildman–Crippen LogP) is 3.14. The van der Waals surface area contributed by atoms with E-state index < -0.39 is 4.92 Å². The zero-order chi connectivity index (χ0) is 18.5. The number of ether oxygens (including phenoxy) is 2. The first-order valence-electron chi connectivity index (χ1n) is 7.91. The second-order valence-electron chi connectivity index (χ2n) is 5.58. The van der Waals surface area contributed by atoms with E-state index in [1.807, 2.05) is 11.8 Å². The largest absolute Gasteiger partial charge is 0.494 e. The van der Waals surface area contributed by atoms with Gasteiger partial charge < -0.3 is 14.8 Å². The third kappa shape index (κ3) is 4.23. The van der Waals surface area contributed by atoms with Gasteiger partial charge in [-0.3, -0.25) is 14.9 Å². The van der Waals surface area contributed by atoms with Crippen molar-refractivity contribution in [1.29, 1.82) is 0 Å². The monoisotopic (exact) mass is 375 g/mol. The molecule has 0 aliphatic carbocycles. The number of nitrogens with zero attached hydrogens (tertiary/aromatic N) is 2. The molecule has 26 heavy (non-hydrogen) atoms. The van der Waals surface area contributed by atoms with E-state index in [9.17, 15) is 14.9 Å². The molecule has 1 unspecified atom stereocenters. The molecule has 1 aromatic heterocycles. The lowest BCUT2D eigenvalue weighted by atomic mass is 10.2. The van der Waals surface area contributed by atoms with Crippen LogP contribution >= 0.6 is 11.8 Å². The van der Waals surface area contributed by atoms with Crippen LogP contribution in [0.5, 0.6) is 11.6 Å². The van der Waals surface area contributed by atoms with Crippen LogP contribution in [-0.4, -0.2) is 40.5 Å². The highest BCUT2D eigenvalue weighted by Crippen LogP contribution is 2.29. The standard InChI is InChI=1S/C17H17N3O5S/c1-24-15-9-12(20(22)23)2-3-14(15)19-17(21)11-4-6-18-16(8-11)25-13-5-7-26-10-13/h2-4,6,8-9,13H,5,7,10H2,1H3,(H,19,21). The number of hydrogen-bond acceptors (Lipinski definition) is 7. The fourth-order valence-corrected chi connectivity index (χ4v) is 3.58. The SMILES string of the molecule is COc1cc([N+](=O)[O-])ccc1NC(=O)c1ccnc(OC2CCSC2)c1. The Morgan fingerprint density at radius 1 is 1.38 bits per heavy atom. The van der Waals surface area contributed by atoms with Crippen molar-refractivity contribution in [2.24, 2.45) is 0 Å². The molecule has 1 fully saturated rings. The third-order valence-corrected chi connectivity index (χ3v) is 4.95. The maximum Gasteiger partial charge on any atom is 0.273 e. The molecule has 1 aromatic carbocycles. The number of pyridine rings is 1. The van der Waals surface area contributed by atoms with E-state index in [1.165, 1.54) is 31.5 Å². The van der Waals surface area contributed by atoms with Crippen LogP contribution in [0.2, 0.25) is 0 Å². The summed E-state index contributed by atoms with van der Waals surface area (Å²) in [6, 6.07) is 7.15. The van der Waals surface area contributed by atoms with Gasteiger partial charge in [-0.1, -0.05) is 0 Å². The van der Waals surface area contributed by atoms with Crippen LogP contribution in [0.4, 0.5) is 11.4 Å². The summed E-state index contributed by atoms with van der Waals surface area (Å²) in [6.45, 7) is 0. The quantitative estimate of drug-likeness (QED) is 0.611. The molecule has 2 aromatic rings. The summed E-state index contributed by atoms with van der Waals surface area (Å²) in [5.74, 6) is 2.20. The lowest BCUT2D eigenvalue weighted by molar-refractivity contribution is -0.384. The number of carbonyl (C=O) groups excluding carboxylic acids is 1. The smallest absolute Gasteiger partial charge is 0.273 e. The van der Waals surface area contributed by atoms with Gasteiger partial charge in [-0.2, -0.15) is 11.8 Å². The van der Waals surface area contributed by atoms with Crippen LogP contribution < -0.4 is 14.8 Å². The molecule has 0 saturated carbocycles. The minimum Gasteiger partial charge on any atom is -0.494 e. The fourth-order valence-electron chi connectivity index (χ4n) is 2.48. The van der Waals surface area contributed by atoms with Crippen LogP contribution in [0.1, 0.15) is 16.8 Å². The Morgan fingerprint density at radius 3 is 2.92 bits per heavy atom. The number of benzene rings is 1. The lowest BCUT2D eigenvalue weighted by Crippen LogP contribution is -2.17. The molecule has 136 valence electrons. The summed E-state index contributed by atoms with van der Waals surface area (Å²) < 4.78 is 10.9. The van der Waals surface area contributed by atoms with Gasteiger partial charge in [0.15, 0.2) is 0 Å². The highest BCUT2D eigenvalue weighted by atomic mass is 32.2. The number of hydrogen-bond donors (Lipinski definition) is 1. The molecule has 1 atom stereocenters. The molecule has 0 radical (unpaired) electrons. The number of nitro groups is 1. The average Bonchev–Trinajstić information content (AvgIpc) is 3.15. The number of amides is 1. The van der Waals surface area contributed by atoms with E-state index in [0.717, 1.165) is 17.9 Å². The number of thioether (sulfide) groups is 1. The van der Waals surface area contributed by atoms with Crippen LogP contribution in [0.3, 0.4) is 0 Å². The molecule has 1 aliphatic rings. The van der Waals surface area contributed by atoms with Crippen LogP contribution in [0, 0.1) is 10.1 Å². The van der Waals surface area contributed by atoms with E-state index >= 15 is 0 Å². The molecule has 3 rings (SSSR count). The number of rotatable bonds is 6. The number of nitro benzene ring substituents is 1. The molecule has 2 heterocycles. The van der Waals surface area contributed by atoms with Crippen molar-refractivity contribution in [1.82, 2.24) is 4.98 Å². The molecule has 1 amide bonds. The van der Waals surface area contributed by atoms with Crippen molar-refractivity contribution in [2.75, 3.05) is 23.9 Å². The van der Waals surface area contributed by atoms with Gasteiger partial charge in [0.25, 0.3) is 11.6 Å². The van der Waals surface area contributed by atoms with Gasteiger partial charge in [-0.05, 0) is 24.3 Å². The second-order valence-corrected chi connectivity index (χ2v) is 6.73. The van der Waals surface area contributed by atoms with Gasteiger partial charge in [0, 0.05) is 29.6 Å². The van der Waals surface area contributed by atoms with Crippen molar-refractivity contribution < 1.29 is 19.2 Å². The van der Waals surface area contributed by atoms with Crippen LogP contribution in [0.25, 0.3) is 0 Å². The summed E-state index contributed by atoms with van der Waals surface area (Å²) in [6.07, 6.45) is 2.59. The fraction of sp³-hybridized carbons (Fsp3) is 0.294. The minimum absolute atomic E-state index is 0.112. The highest BCUT2D eigenvalue weighted by Gasteiger charge is 2.19. The topological polar surface area (TPSA) is 104 Å². The lowest BCUT2D eigenvalue weighted by Gasteiger charge is -2.13. The summed E-state index contributed by atoms with van der Waals surface area (Å²) in [7, 11) is 1.38. The van der Waals surface area contributed by atoms with Crippen LogP contribution in [0.15, 0.2) is 36.5 Å².